The summed E-state index contributed by atoms with van der Waals surface area (Å²) in [5.74, 6) is 0.632. The average molecular weight is 236 g/mol. The van der Waals surface area contributed by atoms with Crippen LogP contribution < -0.4 is 10.1 Å². The van der Waals surface area contributed by atoms with E-state index in [2.05, 4.69) is 10.3 Å². The minimum absolute atomic E-state index is 0.0379. The van der Waals surface area contributed by atoms with E-state index in [4.69, 9.17) is 9.47 Å². The van der Waals surface area contributed by atoms with E-state index in [1.54, 1.807) is 32.7 Å². The molecule has 1 N–H and O–H groups in total. The van der Waals surface area contributed by atoms with Crippen LogP contribution >= 0.6 is 0 Å². The lowest BCUT2D eigenvalue weighted by Gasteiger charge is -2.09. The number of methoxy groups -OCH3 is 2. The van der Waals surface area contributed by atoms with Gasteiger partial charge in [-0.2, -0.15) is 0 Å². The standard InChI is InChI=1S/C12H16N2O3/c1-16-9-3-8(5-13-6-9)12(15)11-4-10(17-2)7-14-11/h3,5-6,10-11,14H,4,7H2,1-2H3. The summed E-state index contributed by atoms with van der Waals surface area (Å²) < 4.78 is 10.3. The summed E-state index contributed by atoms with van der Waals surface area (Å²) in [4.78, 5) is 16.1. The molecule has 17 heavy (non-hydrogen) atoms. The first kappa shape index (κ1) is 12.0. The topological polar surface area (TPSA) is 60.5 Å². The van der Waals surface area contributed by atoms with Crippen LogP contribution in [0.1, 0.15) is 16.8 Å². The molecule has 0 saturated carbocycles. The summed E-state index contributed by atoms with van der Waals surface area (Å²) in [5.41, 5.74) is 0.568. The molecule has 2 heterocycles. The zero-order valence-electron chi connectivity index (χ0n) is 9.97. The second-order valence-corrected chi connectivity index (χ2v) is 4.03. The number of nitrogens with one attached hydrogen (secondary N) is 1. The molecular formula is C12H16N2O3. The van der Waals surface area contributed by atoms with Crippen LogP contribution in [0.25, 0.3) is 0 Å². The number of pyridine rings is 1. The molecule has 2 unspecified atom stereocenters. The maximum atomic E-state index is 12.2. The van der Waals surface area contributed by atoms with E-state index in [0.29, 0.717) is 24.3 Å². The molecular weight excluding hydrogens is 220 g/mol. The van der Waals surface area contributed by atoms with E-state index in [-0.39, 0.29) is 17.9 Å². The first-order chi connectivity index (χ1) is 8.24. The highest BCUT2D eigenvalue weighted by atomic mass is 16.5. The van der Waals surface area contributed by atoms with Crippen molar-refractivity contribution in [2.75, 3.05) is 20.8 Å². The van der Waals surface area contributed by atoms with Crippen LogP contribution in [0.2, 0.25) is 0 Å². The Morgan fingerprint density at radius 2 is 2.29 bits per heavy atom. The third kappa shape index (κ3) is 2.62. The van der Waals surface area contributed by atoms with Crippen LogP contribution in [0.4, 0.5) is 0 Å². The van der Waals surface area contributed by atoms with Gasteiger partial charge in [-0.25, -0.2) is 0 Å². The second-order valence-electron chi connectivity index (χ2n) is 4.03. The Labute approximate surface area is 100 Å². The Hall–Kier alpha value is -1.46. The fraction of sp³-hybridized carbons (Fsp3) is 0.500. The summed E-state index contributed by atoms with van der Waals surface area (Å²) in [6.07, 6.45) is 3.96. The monoisotopic (exact) mass is 236 g/mol. The van der Waals surface area contributed by atoms with E-state index < -0.39 is 0 Å². The van der Waals surface area contributed by atoms with Crippen molar-refractivity contribution < 1.29 is 14.3 Å². The molecule has 1 aromatic heterocycles. The van der Waals surface area contributed by atoms with Gasteiger partial charge in [0, 0.05) is 25.4 Å². The molecule has 1 aliphatic heterocycles. The number of ketones is 1. The van der Waals surface area contributed by atoms with Crippen molar-refractivity contribution in [2.24, 2.45) is 0 Å². The number of carbonyl (C=O) groups is 1. The summed E-state index contributed by atoms with van der Waals surface area (Å²) in [6.45, 7) is 0.713. The zero-order valence-corrected chi connectivity index (χ0v) is 9.97. The van der Waals surface area contributed by atoms with Crippen molar-refractivity contribution in [1.29, 1.82) is 0 Å². The number of hydrogen-bond acceptors (Lipinski definition) is 5. The van der Waals surface area contributed by atoms with Gasteiger partial charge in [0.15, 0.2) is 5.78 Å². The fourth-order valence-electron chi connectivity index (χ4n) is 1.95. The van der Waals surface area contributed by atoms with Gasteiger partial charge in [0.25, 0.3) is 0 Å². The molecule has 0 amide bonds. The minimum Gasteiger partial charge on any atom is -0.495 e. The third-order valence-corrected chi connectivity index (χ3v) is 2.97. The van der Waals surface area contributed by atoms with Gasteiger partial charge in [0.2, 0.25) is 0 Å². The normalized spacial score (nSPS) is 23.6. The number of ether oxygens (including phenoxy) is 2. The highest BCUT2D eigenvalue weighted by molar-refractivity contribution is 6.00. The highest BCUT2D eigenvalue weighted by Crippen LogP contribution is 2.17. The van der Waals surface area contributed by atoms with Crippen molar-refractivity contribution >= 4 is 5.78 Å². The Bertz CT molecular complexity index is 408. The van der Waals surface area contributed by atoms with Crippen molar-refractivity contribution in [1.82, 2.24) is 10.3 Å². The van der Waals surface area contributed by atoms with Crippen molar-refractivity contribution in [3.05, 3.63) is 24.0 Å². The van der Waals surface area contributed by atoms with Gasteiger partial charge in [-0.15, -0.1) is 0 Å². The van der Waals surface area contributed by atoms with Crippen LogP contribution in [0.15, 0.2) is 18.5 Å². The minimum atomic E-state index is -0.186. The molecule has 0 aromatic carbocycles. The van der Waals surface area contributed by atoms with Gasteiger partial charge < -0.3 is 14.8 Å². The molecule has 1 saturated heterocycles. The lowest BCUT2D eigenvalue weighted by Crippen LogP contribution is -2.30. The van der Waals surface area contributed by atoms with E-state index in [1.165, 1.54) is 0 Å². The molecule has 0 spiro atoms. The number of aromatic nitrogens is 1. The largest absolute Gasteiger partial charge is 0.495 e. The van der Waals surface area contributed by atoms with Gasteiger partial charge >= 0.3 is 0 Å². The van der Waals surface area contributed by atoms with Gasteiger partial charge in [-0.3, -0.25) is 9.78 Å². The maximum Gasteiger partial charge on any atom is 0.181 e. The summed E-state index contributed by atoms with van der Waals surface area (Å²) in [6, 6.07) is 1.52. The summed E-state index contributed by atoms with van der Waals surface area (Å²) >= 11 is 0. The Morgan fingerprint density at radius 1 is 1.47 bits per heavy atom. The highest BCUT2D eigenvalue weighted by Gasteiger charge is 2.30. The molecule has 0 radical (unpaired) electrons. The van der Waals surface area contributed by atoms with E-state index >= 15 is 0 Å². The molecule has 5 heteroatoms. The zero-order chi connectivity index (χ0) is 12.3. The Kier molecular flexibility index (Phi) is 3.71. The summed E-state index contributed by atoms with van der Waals surface area (Å²) in [5, 5.41) is 3.15. The number of nitrogens with zero attached hydrogens (tertiary/aromatic N) is 1. The maximum absolute atomic E-state index is 12.2. The Morgan fingerprint density at radius 3 is 2.94 bits per heavy atom. The number of carbonyl (C=O) groups excluding carboxylic acids is 1. The van der Waals surface area contributed by atoms with Crippen LogP contribution in [0, 0.1) is 0 Å². The number of Topliss-reactive ketones (excluding diaryl/α,β-unsaturated/α-hetero) is 1. The summed E-state index contributed by atoms with van der Waals surface area (Å²) in [7, 11) is 3.21. The first-order valence-corrected chi connectivity index (χ1v) is 5.54. The smallest absolute Gasteiger partial charge is 0.181 e. The second kappa shape index (κ2) is 5.25. The quantitative estimate of drug-likeness (QED) is 0.778. The van der Waals surface area contributed by atoms with E-state index in [0.717, 1.165) is 0 Å². The van der Waals surface area contributed by atoms with Crippen molar-refractivity contribution in [3.8, 4) is 5.75 Å². The molecule has 0 aliphatic carbocycles. The van der Waals surface area contributed by atoms with Gasteiger partial charge in [-0.05, 0) is 12.5 Å². The Balaban J connectivity index is 2.09. The first-order valence-electron chi connectivity index (χ1n) is 5.54. The molecule has 2 atom stereocenters. The molecule has 0 bridgehead atoms. The molecule has 1 aromatic rings. The van der Waals surface area contributed by atoms with Crippen LogP contribution in [0.3, 0.4) is 0 Å². The fourth-order valence-corrected chi connectivity index (χ4v) is 1.95. The predicted octanol–water partition coefficient (Wildman–Crippen LogP) is 0.650. The average Bonchev–Trinajstić information content (AvgIpc) is 2.86. The number of rotatable bonds is 4. The lowest BCUT2D eigenvalue weighted by atomic mass is 10.0. The van der Waals surface area contributed by atoms with Crippen LogP contribution in [-0.4, -0.2) is 43.7 Å². The van der Waals surface area contributed by atoms with Crippen LogP contribution in [-0.2, 0) is 4.74 Å². The lowest BCUT2D eigenvalue weighted by molar-refractivity contribution is 0.0918. The van der Waals surface area contributed by atoms with Gasteiger partial charge in [-0.1, -0.05) is 0 Å². The van der Waals surface area contributed by atoms with E-state index in [9.17, 15) is 4.79 Å². The predicted molar refractivity (Wildman–Crippen MR) is 62.3 cm³/mol. The number of hydrogen-bond donors (Lipinski definition) is 1. The van der Waals surface area contributed by atoms with Crippen molar-refractivity contribution in [3.63, 3.8) is 0 Å². The van der Waals surface area contributed by atoms with E-state index in [1.807, 2.05) is 0 Å². The molecule has 1 aliphatic rings. The van der Waals surface area contributed by atoms with Crippen molar-refractivity contribution in [2.45, 2.75) is 18.6 Å². The van der Waals surface area contributed by atoms with Gasteiger partial charge in [0.1, 0.15) is 5.75 Å². The molecule has 2 rings (SSSR count). The molecule has 92 valence electrons. The molecule has 1 fully saturated rings. The van der Waals surface area contributed by atoms with Gasteiger partial charge in [0.05, 0.1) is 25.5 Å². The third-order valence-electron chi connectivity index (χ3n) is 2.97. The van der Waals surface area contributed by atoms with Crippen LogP contribution in [0.5, 0.6) is 5.75 Å². The molecule has 5 nitrogen and oxygen atoms in total. The SMILES string of the molecule is COc1cncc(C(=O)C2CC(OC)CN2)c1.